The molecule has 3 heteroatoms. The quantitative estimate of drug-likeness (QED) is 0.463. The summed E-state index contributed by atoms with van der Waals surface area (Å²) in [5.74, 6) is 0.258. The number of aliphatic hydroxyl groups is 1. The van der Waals surface area contributed by atoms with E-state index in [9.17, 15) is 0 Å². The molecule has 5 N–H and O–H groups in total. The van der Waals surface area contributed by atoms with Crippen LogP contribution in [0.4, 0.5) is 0 Å². The molecular formula is C6H16N2O. The SMILES string of the molecule is NCCCC(CN)CO. The molecule has 0 spiro atoms. The van der Waals surface area contributed by atoms with Crippen LogP contribution in [-0.4, -0.2) is 24.8 Å². The van der Waals surface area contributed by atoms with E-state index >= 15 is 0 Å². The smallest absolute Gasteiger partial charge is 0.0471 e. The van der Waals surface area contributed by atoms with Crippen LogP contribution in [0.3, 0.4) is 0 Å². The third-order valence-corrected chi connectivity index (χ3v) is 1.41. The summed E-state index contributed by atoms with van der Waals surface area (Å²) in [7, 11) is 0. The van der Waals surface area contributed by atoms with E-state index in [1.165, 1.54) is 0 Å². The lowest BCUT2D eigenvalue weighted by Crippen LogP contribution is -2.19. The van der Waals surface area contributed by atoms with Gasteiger partial charge in [0.25, 0.3) is 0 Å². The standard InChI is InChI=1S/C6H16N2O/c7-3-1-2-6(4-8)5-9/h6,9H,1-5,7-8H2. The summed E-state index contributed by atoms with van der Waals surface area (Å²) in [6, 6.07) is 0. The van der Waals surface area contributed by atoms with Crippen molar-refractivity contribution in [2.75, 3.05) is 19.7 Å². The topological polar surface area (TPSA) is 72.3 Å². The molecular weight excluding hydrogens is 116 g/mol. The van der Waals surface area contributed by atoms with Crippen molar-refractivity contribution >= 4 is 0 Å². The molecule has 0 saturated heterocycles. The summed E-state index contributed by atoms with van der Waals surface area (Å²) in [5, 5.41) is 8.63. The summed E-state index contributed by atoms with van der Waals surface area (Å²) in [6.07, 6.45) is 1.91. The van der Waals surface area contributed by atoms with Gasteiger partial charge in [-0.25, -0.2) is 0 Å². The Morgan fingerprint density at radius 1 is 1.33 bits per heavy atom. The Balaban J connectivity index is 3.09. The lowest BCUT2D eigenvalue weighted by molar-refractivity contribution is 0.221. The average molecular weight is 132 g/mol. The van der Waals surface area contributed by atoms with Gasteiger partial charge < -0.3 is 16.6 Å². The van der Waals surface area contributed by atoms with Crippen molar-refractivity contribution in [1.82, 2.24) is 0 Å². The summed E-state index contributed by atoms with van der Waals surface area (Å²) in [4.78, 5) is 0. The minimum absolute atomic E-state index is 0.191. The van der Waals surface area contributed by atoms with E-state index in [0.29, 0.717) is 13.1 Å². The summed E-state index contributed by atoms with van der Waals surface area (Å²) >= 11 is 0. The Bertz CT molecular complexity index is 55.0. The maximum Gasteiger partial charge on any atom is 0.0471 e. The lowest BCUT2D eigenvalue weighted by Gasteiger charge is -2.08. The van der Waals surface area contributed by atoms with E-state index in [1.54, 1.807) is 0 Å². The molecule has 0 radical (unpaired) electrons. The average Bonchev–Trinajstić information content (AvgIpc) is 1.91. The fourth-order valence-electron chi connectivity index (χ4n) is 0.690. The Morgan fingerprint density at radius 2 is 2.00 bits per heavy atom. The molecule has 0 aliphatic rings. The van der Waals surface area contributed by atoms with Gasteiger partial charge in [-0.05, 0) is 31.8 Å². The van der Waals surface area contributed by atoms with Crippen LogP contribution in [0.25, 0.3) is 0 Å². The lowest BCUT2D eigenvalue weighted by atomic mass is 10.1. The van der Waals surface area contributed by atoms with Crippen LogP contribution in [0.2, 0.25) is 0 Å². The van der Waals surface area contributed by atoms with E-state index in [1.807, 2.05) is 0 Å². The van der Waals surface area contributed by atoms with Crippen molar-refractivity contribution < 1.29 is 5.11 Å². The molecule has 1 atom stereocenters. The third kappa shape index (κ3) is 4.39. The van der Waals surface area contributed by atoms with E-state index in [0.717, 1.165) is 12.8 Å². The Kier molecular flexibility index (Phi) is 5.93. The normalized spacial score (nSPS) is 13.7. The monoisotopic (exact) mass is 132 g/mol. The maximum absolute atomic E-state index is 8.63. The highest BCUT2D eigenvalue weighted by Gasteiger charge is 2.01. The summed E-state index contributed by atoms with van der Waals surface area (Å²) in [5.41, 5.74) is 10.6. The molecule has 0 aliphatic heterocycles. The molecule has 0 aromatic rings. The molecule has 3 nitrogen and oxygen atoms in total. The Hall–Kier alpha value is -0.120. The van der Waals surface area contributed by atoms with E-state index in [-0.39, 0.29) is 12.5 Å². The Morgan fingerprint density at radius 3 is 2.33 bits per heavy atom. The van der Waals surface area contributed by atoms with Crippen LogP contribution in [0.5, 0.6) is 0 Å². The maximum atomic E-state index is 8.63. The first kappa shape index (κ1) is 8.88. The fourth-order valence-corrected chi connectivity index (χ4v) is 0.690. The molecule has 0 rings (SSSR count). The molecule has 0 fully saturated rings. The van der Waals surface area contributed by atoms with Crippen molar-refractivity contribution in [3.63, 3.8) is 0 Å². The number of rotatable bonds is 5. The first-order chi connectivity index (χ1) is 4.35. The predicted molar refractivity (Wildman–Crippen MR) is 37.9 cm³/mol. The Labute approximate surface area is 56.0 Å². The van der Waals surface area contributed by atoms with Gasteiger partial charge in [-0.15, -0.1) is 0 Å². The van der Waals surface area contributed by atoms with Crippen molar-refractivity contribution in [3.05, 3.63) is 0 Å². The second-order valence-corrected chi connectivity index (χ2v) is 2.22. The van der Waals surface area contributed by atoms with E-state index in [2.05, 4.69) is 0 Å². The molecule has 9 heavy (non-hydrogen) atoms. The number of aliphatic hydroxyl groups excluding tert-OH is 1. The van der Waals surface area contributed by atoms with Crippen LogP contribution in [0, 0.1) is 5.92 Å². The van der Waals surface area contributed by atoms with Crippen molar-refractivity contribution in [3.8, 4) is 0 Å². The summed E-state index contributed by atoms with van der Waals surface area (Å²) < 4.78 is 0. The molecule has 0 aromatic heterocycles. The molecule has 1 unspecified atom stereocenters. The third-order valence-electron chi connectivity index (χ3n) is 1.41. The summed E-state index contributed by atoms with van der Waals surface area (Å²) in [6.45, 7) is 1.45. The number of nitrogens with two attached hydrogens (primary N) is 2. The van der Waals surface area contributed by atoms with Crippen LogP contribution >= 0.6 is 0 Å². The highest BCUT2D eigenvalue weighted by Crippen LogP contribution is 2.01. The zero-order chi connectivity index (χ0) is 7.11. The highest BCUT2D eigenvalue weighted by molar-refractivity contribution is 4.57. The minimum Gasteiger partial charge on any atom is -0.396 e. The van der Waals surface area contributed by atoms with Gasteiger partial charge in [-0.1, -0.05) is 0 Å². The van der Waals surface area contributed by atoms with Gasteiger partial charge in [0.2, 0.25) is 0 Å². The van der Waals surface area contributed by atoms with Gasteiger partial charge in [-0.2, -0.15) is 0 Å². The zero-order valence-electron chi connectivity index (χ0n) is 5.71. The van der Waals surface area contributed by atoms with Crippen molar-refractivity contribution in [2.45, 2.75) is 12.8 Å². The van der Waals surface area contributed by atoms with Crippen LogP contribution in [0.1, 0.15) is 12.8 Å². The first-order valence-electron chi connectivity index (χ1n) is 3.36. The minimum atomic E-state index is 0.191. The van der Waals surface area contributed by atoms with Gasteiger partial charge in [0.1, 0.15) is 0 Å². The molecule has 0 aliphatic carbocycles. The van der Waals surface area contributed by atoms with Crippen LogP contribution in [-0.2, 0) is 0 Å². The van der Waals surface area contributed by atoms with Gasteiger partial charge in [0.05, 0.1) is 0 Å². The van der Waals surface area contributed by atoms with E-state index in [4.69, 9.17) is 16.6 Å². The predicted octanol–water partition coefficient (Wildman–Crippen LogP) is -0.707. The van der Waals surface area contributed by atoms with Crippen LogP contribution < -0.4 is 11.5 Å². The second-order valence-electron chi connectivity index (χ2n) is 2.22. The van der Waals surface area contributed by atoms with E-state index < -0.39 is 0 Å². The van der Waals surface area contributed by atoms with Crippen molar-refractivity contribution in [1.29, 1.82) is 0 Å². The second kappa shape index (κ2) is 6.01. The van der Waals surface area contributed by atoms with Crippen LogP contribution in [0.15, 0.2) is 0 Å². The molecule has 0 heterocycles. The molecule has 0 aromatic carbocycles. The fraction of sp³-hybridized carbons (Fsp3) is 1.00. The van der Waals surface area contributed by atoms with Gasteiger partial charge in [0.15, 0.2) is 0 Å². The highest BCUT2D eigenvalue weighted by atomic mass is 16.3. The van der Waals surface area contributed by atoms with Gasteiger partial charge >= 0.3 is 0 Å². The zero-order valence-corrected chi connectivity index (χ0v) is 5.71. The molecule has 0 saturated carbocycles. The van der Waals surface area contributed by atoms with Gasteiger partial charge in [0, 0.05) is 6.61 Å². The molecule has 0 amide bonds. The molecule has 0 bridgehead atoms. The molecule has 56 valence electrons. The van der Waals surface area contributed by atoms with Crippen molar-refractivity contribution in [2.24, 2.45) is 17.4 Å². The number of hydrogen-bond acceptors (Lipinski definition) is 3. The largest absolute Gasteiger partial charge is 0.396 e. The first-order valence-corrected chi connectivity index (χ1v) is 3.36. The van der Waals surface area contributed by atoms with Gasteiger partial charge in [-0.3, -0.25) is 0 Å². The number of hydrogen-bond donors (Lipinski definition) is 3.